The minimum absolute atomic E-state index is 0.209. The first-order valence-corrected chi connectivity index (χ1v) is 11.5. The molecule has 0 amide bonds. The van der Waals surface area contributed by atoms with Gasteiger partial charge in [0.05, 0.1) is 6.33 Å². The molecule has 0 saturated carbocycles. The fourth-order valence-corrected chi connectivity index (χ4v) is 5.11. The molecule has 8 nitrogen and oxygen atoms in total. The molecule has 0 aliphatic carbocycles. The summed E-state index contributed by atoms with van der Waals surface area (Å²) in [6.45, 7) is 3.83. The normalized spacial score (nSPS) is 15.7. The van der Waals surface area contributed by atoms with Crippen molar-refractivity contribution in [2.75, 3.05) is 19.6 Å². The predicted octanol–water partition coefficient (Wildman–Crippen LogP) is 2.71. The van der Waals surface area contributed by atoms with Crippen molar-refractivity contribution in [3.63, 3.8) is 0 Å². The number of rotatable bonds is 6. The van der Waals surface area contributed by atoms with Gasteiger partial charge in [-0.15, -0.1) is 0 Å². The number of likely N-dealkylation sites (tertiary alicyclic amines) is 1. The van der Waals surface area contributed by atoms with Gasteiger partial charge in [0.1, 0.15) is 5.82 Å². The highest BCUT2D eigenvalue weighted by atomic mass is 19.1. The second-order valence-corrected chi connectivity index (χ2v) is 9.07. The molecular formula is C24H29FN6O2. The van der Waals surface area contributed by atoms with Crippen LogP contribution in [0.3, 0.4) is 0 Å². The van der Waals surface area contributed by atoms with Gasteiger partial charge in [0.25, 0.3) is 5.56 Å². The number of imidazole rings is 1. The average molecular weight is 453 g/mol. The summed E-state index contributed by atoms with van der Waals surface area (Å²) in [7, 11) is 3.14. The predicted molar refractivity (Wildman–Crippen MR) is 126 cm³/mol. The molecule has 174 valence electrons. The van der Waals surface area contributed by atoms with Gasteiger partial charge in [-0.3, -0.25) is 13.9 Å². The molecule has 5 rings (SSSR count). The molecule has 0 spiro atoms. The van der Waals surface area contributed by atoms with E-state index in [0.717, 1.165) is 60.8 Å². The fraction of sp³-hybridized carbons (Fsp3) is 0.458. The Morgan fingerprint density at radius 1 is 1.09 bits per heavy atom. The lowest BCUT2D eigenvalue weighted by molar-refractivity contribution is 0.208. The van der Waals surface area contributed by atoms with E-state index in [4.69, 9.17) is 0 Å². The van der Waals surface area contributed by atoms with Crippen LogP contribution in [-0.2, 0) is 20.6 Å². The van der Waals surface area contributed by atoms with Gasteiger partial charge >= 0.3 is 5.69 Å². The first-order chi connectivity index (χ1) is 15.9. The summed E-state index contributed by atoms with van der Waals surface area (Å²) in [4.78, 5) is 34.6. The first-order valence-electron chi connectivity index (χ1n) is 11.5. The second-order valence-electron chi connectivity index (χ2n) is 9.07. The molecule has 1 N–H and O–H groups in total. The average Bonchev–Trinajstić information content (AvgIpc) is 3.43. The Morgan fingerprint density at radius 2 is 1.85 bits per heavy atom. The highest BCUT2D eigenvalue weighted by Crippen LogP contribution is 2.33. The van der Waals surface area contributed by atoms with Gasteiger partial charge in [-0.05, 0) is 75.0 Å². The van der Waals surface area contributed by atoms with Crippen LogP contribution in [-0.4, -0.2) is 48.2 Å². The molecule has 33 heavy (non-hydrogen) atoms. The van der Waals surface area contributed by atoms with Crippen LogP contribution in [0.25, 0.3) is 22.1 Å². The molecule has 0 radical (unpaired) electrons. The maximum absolute atomic E-state index is 13.5. The Morgan fingerprint density at radius 3 is 2.64 bits per heavy atom. The van der Waals surface area contributed by atoms with E-state index in [-0.39, 0.29) is 17.1 Å². The molecular weight excluding hydrogens is 423 g/mol. The summed E-state index contributed by atoms with van der Waals surface area (Å²) in [5.41, 5.74) is 2.43. The van der Waals surface area contributed by atoms with Gasteiger partial charge in [-0.25, -0.2) is 14.2 Å². The minimum atomic E-state index is -0.360. The molecule has 1 aliphatic heterocycles. The topological polar surface area (TPSA) is 80.8 Å². The molecule has 0 bridgehead atoms. The van der Waals surface area contributed by atoms with Crippen LogP contribution in [0.15, 0.2) is 40.3 Å². The van der Waals surface area contributed by atoms with E-state index in [9.17, 15) is 14.0 Å². The summed E-state index contributed by atoms with van der Waals surface area (Å²) in [6.07, 6.45) is 7.86. The number of nitrogens with zero attached hydrogens (tertiary/aromatic N) is 5. The number of halogens is 1. The van der Waals surface area contributed by atoms with Crippen LogP contribution in [0.2, 0.25) is 0 Å². The highest BCUT2D eigenvalue weighted by molar-refractivity contribution is 5.83. The summed E-state index contributed by atoms with van der Waals surface area (Å²) in [6, 6.07) is 4.98. The molecule has 9 heteroatoms. The van der Waals surface area contributed by atoms with E-state index in [0.29, 0.717) is 23.6 Å². The molecule has 1 aromatic carbocycles. The van der Waals surface area contributed by atoms with Gasteiger partial charge in [0.15, 0.2) is 11.2 Å². The monoisotopic (exact) mass is 452 g/mol. The van der Waals surface area contributed by atoms with E-state index in [1.165, 1.54) is 23.2 Å². The van der Waals surface area contributed by atoms with Gasteiger partial charge in [0.2, 0.25) is 0 Å². The van der Waals surface area contributed by atoms with E-state index in [1.807, 2.05) is 16.8 Å². The standard InChI is InChI=1S/C24H29FN6O2/c1-28-22-21(23(32)29(2)24(28)33)31(15-27-22)10-4-3-9-30-11-7-16(8-12-30)19-14-26-20-13-17(25)5-6-18(19)20/h5-6,13-16,26H,3-4,7-12H2,1-2H3. The molecule has 0 atom stereocenters. The van der Waals surface area contributed by atoms with E-state index >= 15 is 0 Å². The zero-order valence-corrected chi connectivity index (χ0v) is 19.1. The Hall–Kier alpha value is -3.20. The third kappa shape index (κ3) is 3.90. The summed E-state index contributed by atoms with van der Waals surface area (Å²) >= 11 is 0. The van der Waals surface area contributed by atoms with Crippen molar-refractivity contribution >= 4 is 22.1 Å². The third-order valence-electron chi connectivity index (χ3n) is 7.04. The van der Waals surface area contributed by atoms with Crippen molar-refractivity contribution in [2.24, 2.45) is 14.1 Å². The van der Waals surface area contributed by atoms with Crippen molar-refractivity contribution in [1.82, 2.24) is 28.6 Å². The van der Waals surface area contributed by atoms with Crippen LogP contribution in [0.4, 0.5) is 4.39 Å². The van der Waals surface area contributed by atoms with E-state index in [1.54, 1.807) is 19.4 Å². The number of nitrogens with one attached hydrogen (secondary N) is 1. The van der Waals surface area contributed by atoms with Gasteiger partial charge in [-0.1, -0.05) is 0 Å². The number of fused-ring (bicyclic) bond motifs is 2. The molecule has 0 unspecified atom stereocenters. The molecule has 3 aromatic heterocycles. The molecule has 4 aromatic rings. The number of hydrogen-bond acceptors (Lipinski definition) is 4. The summed E-state index contributed by atoms with van der Waals surface area (Å²) in [5, 5.41) is 1.13. The molecule has 4 heterocycles. The Kier molecular flexibility index (Phi) is 5.65. The smallest absolute Gasteiger partial charge is 0.332 e. The van der Waals surface area contributed by atoms with Crippen molar-refractivity contribution in [1.29, 1.82) is 0 Å². The lowest BCUT2D eigenvalue weighted by Crippen LogP contribution is -2.37. The molecule has 1 saturated heterocycles. The number of aryl methyl sites for hydroxylation is 2. The zero-order chi connectivity index (χ0) is 23.1. The highest BCUT2D eigenvalue weighted by Gasteiger charge is 2.22. The van der Waals surface area contributed by atoms with Crippen LogP contribution >= 0.6 is 0 Å². The van der Waals surface area contributed by atoms with Crippen molar-refractivity contribution in [3.05, 3.63) is 62.9 Å². The van der Waals surface area contributed by atoms with E-state index in [2.05, 4.69) is 14.9 Å². The first kappa shape index (κ1) is 21.6. The van der Waals surface area contributed by atoms with Crippen molar-refractivity contribution in [3.8, 4) is 0 Å². The lowest BCUT2D eigenvalue weighted by Gasteiger charge is -2.32. The largest absolute Gasteiger partial charge is 0.361 e. The second kappa shape index (κ2) is 8.62. The molecule has 1 fully saturated rings. The van der Waals surface area contributed by atoms with Gasteiger partial charge < -0.3 is 14.5 Å². The number of unbranched alkanes of at least 4 members (excludes halogenated alkanes) is 1. The maximum atomic E-state index is 13.5. The zero-order valence-electron chi connectivity index (χ0n) is 19.1. The maximum Gasteiger partial charge on any atom is 0.332 e. The Bertz CT molecular complexity index is 1420. The van der Waals surface area contributed by atoms with Crippen LogP contribution < -0.4 is 11.2 Å². The SMILES string of the molecule is Cn1c(=O)c2c(ncn2CCCCN2CCC(c3c[nH]c4cc(F)ccc34)CC2)n(C)c1=O. The van der Waals surface area contributed by atoms with Crippen LogP contribution in [0.1, 0.15) is 37.2 Å². The number of piperidine rings is 1. The summed E-state index contributed by atoms with van der Waals surface area (Å²) < 4.78 is 17.9. The Balaban J connectivity index is 1.15. The number of hydrogen-bond donors (Lipinski definition) is 1. The number of benzene rings is 1. The lowest BCUT2D eigenvalue weighted by atomic mass is 9.89. The number of aromatic amines is 1. The van der Waals surface area contributed by atoms with Crippen molar-refractivity contribution < 1.29 is 4.39 Å². The van der Waals surface area contributed by atoms with E-state index < -0.39 is 0 Å². The fourth-order valence-electron chi connectivity index (χ4n) is 5.11. The van der Waals surface area contributed by atoms with Crippen molar-refractivity contribution in [2.45, 2.75) is 38.1 Å². The Labute approximate surface area is 190 Å². The molecule has 1 aliphatic rings. The summed E-state index contributed by atoms with van der Waals surface area (Å²) in [5.74, 6) is 0.291. The van der Waals surface area contributed by atoms with Crippen LogP contribution in [0.5, 0.6) is 0 Å². The minimum Gasteiger partial charge on any atom is -0.361 e. The van der Waals surface area contributed by atoms with Gasteiger partial charge in [-0.2, -0.15) is 0 Å². The number of aromatic nitrogens is 5. The van der Waals surface area contributed by atoms with Gasteiger partial charge in [0, 0.05) is 37.7 Å². The van der Waals surface area contributed by atoms with Crippen LogP contribution in [0, 0.1) is 5.82 Å². The number of H-pyrrole nitrogens is 1. The third-order valence-corrected chi connectivity index (χ3v) is 7.04. The quantitative estimate of drug-likeness (QED) is 0.456.